The van der Waals surface area contributed by atoms with Crippen molar-refractivity contribution in [3.05, 3.63) is 45.1 Å². The molecule has 1 aliphatic heterocycles. The predicted octanol–water partition coefficient (Wildman–Crippen LogP) is 3.86. The van der Waals surface area contributed by atoms with Crippen LogP contribution in [0.25, 0.3) is 0 Å². The first kappa shape index (κ1) is 20.1. The number of amides is 1. The van der Waals surface area contributed by atoms with Gasteiger partial charge in [-0.05, 0) is 36.9 Å². The van der Waals surface area contributed by atoms with Gasteiger partial charge in [0.15, 0.2) is 0 Å². The third-order valence-corrected chi connectivity index (χ3v) is 6.30. The summed E-state index contributed by atoms with van der Waals surface area (Å²) < 4.78 is 5.35. The lowest BCUT2D eigenvalue weighted by Crippen LogP contribution is -2.52. The Morgan fingerprint density at radius 1 is 1.33 bits per heavy atom. The molecule has 27 heavy (non-hydrogen) atoms. The lowest BCUT2D eigenvalue weighted by molar-refractivity contribution is -0.121. The Balaban J connectivity index is 1.56. The summed E-state index contributed by atoms with van der Waals surface area (Å²) in [4.78, 5) is 18.8. The van der Waals surface area contributed by atoms with Gasteiger partial charge < -0.3 is 10.1 Å². The first-order chi connectivity index (χ1) is 13.0. The number of benzene rings is 1. The fraction of sp³-hybridized carbons (Fsp3) is 0.450. The van der Waals surface area contributed by atoms with Crippen LogP contribution in [0.3, 0.4) is 0 Å². The zero-order chi connectivity index (χ0) is 19.4. The van der Waals surface area contributed by atoms with Crippen LogP contribution in [0.15, 0.2) is 29.6 Å². The molecule has 1 amide bonds. The summed E-state index contributed by atoms with van der Waals surface area (Å²) >= 11 is 7.94. The molecule has 0 aliphatic carbocycles. The molecular formula is C20H26ClN3O2S. The maximum Gasteiger partial charge on any atom is 0.241 e. The number of nitrogens with zero attached hydrogens (tertiary/aromatic N) is 2. The molecule has 1 fully saturated rings. The number of halogens is 1. The van der Waals surface area contributed by atoms with Gasteiger partial charge in [-0.2, -0.15) is 0 Å². The molecule has 1 aliphatic rings. The highest BCUT2D eigenvalue weighted by Gasteiger charge is 2.26. The average Bonchev–Trinajstić information content (AvgIpc) is 3.17. The van der Waals surface area contributed by atoms with E-state index < -0.39 is 0 Å². The zero-order valence-electron chi connectivity index (χ0n) is 16.0. The van der Waals surface area contributed by atoms with E-state index >= 15 is 0 Å². The second kappa shape index (κ2) is 9.06. The van der Waals surface area contributed by atoms with E-state index in [2.05, 4.69) is 32.6 Å². The Morgan fingerprint density at radius 3 is 2.70 bits per heavy atom. The molecule has 1 atom stereocenters. The normalized spacial score (nSPS) is 16.9. The van der Waals surface area contributed by atoms with E-state index in [1.54, 1.807) is 24.5 Å². The van der Waals surface area contributed by atoms with Gasteiger partial charge in [-0.25, -0.2) is 0 Å². The Hall–Kier alpha value is -1.60. The monoisotopic (exact) mass is 407 g/mol. The molecule has 1 aromatic heterocycles. The van der Waals surface area contributed by atoms with Crippen molar-refractivity contribution in [3.63, 3.8) is 0 Å². The van der Waals surface area contributed by atoms with E-state index in [1.807, 2.05) is 19.9 Å². The van der Waals surface area contributed by atoms with E-state index in [4.69, 9.17) is 16.3 Å². The highest BCUT2D eigenvalue weighted by atomic mass is 35.5. The van der Waals surface area contributed by atoms with Crippen molar-refractivity contribution in [1.82, 2.24) is 9.80 Å². The number of anilines is 1. The second-order valence-electron chi connectivity index (χ2n) is 6.86. The van der Waals surface area contributed by atoms with Crippen LogP contribution in [-0.2, 0) is 11.3 Å². The van der Waals surface area contributed by atoms with Crippen molar-refractivity contribution in [1.29, 1.82) is 0 Å². The topological polar surface area (TPSA) is 44.8 Å². The predicted molar refractivity (Wildman–Crippen MR) is 112 cm³/mol. The Morgan fingerprint density at radius 2 is 2.07 bits per heavy atom. The van der Waals surface area contributed by atoms with Crippen molar-refractivity contribution in [2.45, 2.75) is 26.4 Å². The number of methoxy groups -OCH3 is 1. The summed E-state index contributed by atoms with van der Waals surface area (Å²) in [6.07, 6.45) is 0. The molecule has 0 unspecified atom stereocenters. The number of thiophene rings is 1. The third kappa shape index (κ3) is 5.02. The van der Waals surface area contributed by atoms with E-state index in [9.17, 15) is 4.79 Å². The van der Waals surface area contributed by atoms with Crippen LogP contribution in [0.5, 0.6) is 5.75 Å². The fourth-order valence-electron chi connectivity index (χ4n) is 3.26. The van der Waals surface area contributed by atoms with Crippen LogP contribution in [0, 0.1) is 6.92 Å². The summed E-state index contributed by atoms with van der Waals surface area (Å²) in [5.74, 6) is 0.550. The summed E-state index contributed by atoms with van der Waals surface area (Å²) in [5.41, 5.74) is 1.56. The van der Waals surface area contributed by atoms with Crippen LogP contribution in [-0.4, -0.2) is 55.0 Å². The van der Waals surface area contributed by atoms with E-state index in [0.717, 1.165) is 38.3 Å². The molecule has 1 aromatic carbocycles. The van der Waals surface area contributed by atoms with Crippen LogP contribution < -0.4 is 10.1 Å². The molecule has 3 rings (SSSR count). The van der Waals surface area contributed by atoms with E-state index in [-0.39, 0.29) is 11.9 Å². The molecule has 0 radical (unpaired) electrons. The average molecular weight is 408 g/mol. The summed E-state index contributed by atoms with van der Waals surface area (Å²) in [7, 11) is 1.58. The minimum Gasteiger partial charge on any atom is -0.495 e. The number of rotatable bonds is 6. The second-order valence-corrected chi connectivity index (χ2v) is 8.30. The van der Waals surface area contributed by atoms with Crippen LogP contribution in [0.1, 0.15) is 17.4 Å². The minimum absolute atomic E-state index is 0.0262. The zero-order valence-corrected chi connectivity index (χ0v) is 17.6. The van der Waals surface area contributed by atoms with Crippen molar-refractivity contribution in [2.24, 2.45) is 0 Å². The highest BCUT2D eigenvalue weighted by Crippen LogP contribution is 2.31. The molecule has 146 valence electrons. The van der Waals surface area contributed by atoms with Crippen molar-refractivity contribution in [3.8, 4) is 5.75 Å². The van der Waals surface area contributed by atoms with Gasteiger partial charge in [-0.3, -0.25) is 14.6 Å². The van der Waals surface area contributed by atoms with Gasteiger partial charge in [0.05, 0.1) is 18.8 Å². The third-order valence-electron chi connectivity index (χ3n) is 5.03. The standard InChI is InChI=1S/C20H26ClN3O2S/c1-14-11-18(19(26-3)12-17(14)21)22-20(25)15(2)24-8-6-23(7-9-24)13-16-5-4-10-27-16/h4-5,10-12,15H,6-9,13H2,1-3H3,(H,22,25)/t15-/m0/s1. The van der Waals surface area contributed by atoms with E-state index in [1.165, 1.54) is 4.88 Å². The smallest absolute Gasteiger partial charge is 0.241 e. The molecule has 2 heterocycles. The van der Waals surface area contributed by atoms with Gasteiger partial charge in [0.1, 0.15) is 5.75 Å². The van der Waals surface area contributed by atoms with Gasteiger partial charge in [-0.15, -0.1) is 11.3 Å². The molecule has 5 nitrogen and oxygen atoms in total. The van der Waals surface area contributed by atoms with Crippen LogP contribution >= 0.6 is 22.9 Å². The molecule has 2 aromatic rings. The number of carbonyl (C=O) groups is 1. The number of nitrogens with one attached hydrogen (secondary N) is 1. The Bertz CT molecular complexity index is 774. The van der Waals surface area contributed by atoms with Gasteiger partial charge in [-0.1, -0.05) is 17.7 Å². The lowest BCUT2D eigenvalue weighted by Gasteiger charge is -2.37. The van der Waals surface area contributed by atoms with Gasteiger partial charge in [0.2, 0.25) is 5.91 Å². The first-order valence-corrected chi connectivity index (χ1v) is 10.4. The lowest BCUT2D eigenvalue weighted by atomic mass is 10.1. The fourth-order valence-corrected chi connectivity index (χ4v) is 4.16. The van der Waals surface area contributed by atoms with Crippen LogP contribution in [0.2, 0.25) is 5.02 Å². The number of carbonyl (C=O) groups excluding carboxylic acids is 1. The van der Waals surface area contributed by atoms with Gasteiger partial charge >= 0.3 is 0 Å². The maximum atomic E-state index is 12.8. The van der Waals surface area contributed by atoms with Gasteiger partial charge in [0.25, 0.3) is 0 Å². The largest absolute Gasteiger partial charge is 0.495 e. The minimum atomic E-state index is -0.199. The molecule has 0 bridgehead atoms. The summed E-state index contributed by atoms with van der Waals surface area (Å²) in [6.45, 7) is 8.58. The van der Waals surface area contributed by atoms with Crippen molar-refractivity contribution >= 4 is 34.5 Å². The number of hydrogen-bond donors (Lipinski definition) is 1. The SMILES string of the molecule is COc1cc(Cl)c(C)cc1NC(=O)[C@H](C)N1CCN(Cc2cccs2)CC1. The summed E-state index contributed by atoms with van der Waals surface area (Å²) in [6, 6.07) is 7.66. The van der Waals surface area contributed by atoms with Gasteiger partial charge in [0, 0.05) is 48.7 Å². The van der Waals surface area contributed by atoms with Crippen LogP contribution in [0.4, 0.5) is 5.69 Å². The Kier molecular flexibility index (Phi) is 6.76. The number of aryl methyl sites for hydroxylation is 1. The number of piperazine rings is 1. The Labute approximate surface area is 169 Å². The summed E-state index contributed by atoms with van der Waals surface area (Å²) in [5, 5.41) is 5.74. The first-order valence-electron chi connectivity index (χ1n) is 9.11. The molecular weight excluding hydrogens is 382 g/mol. The molecule has 1 saturated heterocycles. The molecule has 1 N–H and O–H groups in total. The molecule has 0 spiro atoms. The maximum absolute atomic E-state index is 12.8. The highest BCUT2D eigenvalue weighted by molar-refractivity contribution is 7.09. The van der Waals surface area contributed by atoms with E-state index in [0.29, 0.717) is 16.5 Å². The molecule has 7 heteroatoms. The van der Waals surface area contributed by atoms with Crippen molar-refractivity contribution < 1.29 is 9.53 Å². The number of hydrogen-bond acceptors (Lipinski definition) is 5. The van der Waals surface area contributed by atoms with Crippen molar-refractivity contribution in [2.75, 3.05) is 38.6 Å². The number of ether oxygens (including phenoxy) is 1. The molecule has 0 saturated carbocycles. The quantitative estimate of drug-likeness (QED) is 0.789.